The van der Waals surface area contributed by atoms with Gasteiger partial charge < -0.3 is 9.73 Å². The monoisotopic (exact) mass is 300 g/mol. The maximum Gasteiger partial charge on any atom is 0.274 e. The van der Waals surface area contributed by atoms with Gasteiger partial charge in [-0.25, -0.2) is 13.1 Å². The lowest BCUT2D eigenvalue weighted by Crippen LogP contribution is -2.26. The van der Waals surface area contributed by atoms with Crippen LogP contribution in [0.5, 0.6) is 0 Å². The van der Waals surface area contributed by atoms with Crippen molar-refractivity contribution >= 4 is 21.4 Å². The number of sulfonamides is 1. The third kappa shape index (κ3) is 3.44. The van der Waals surface area contributed by atoms with E-state index in [0.29, 0.717) is 12.3 Å². The summed E-state index contributed by atoms with van der Waals surface area (Å²) in [6.45, 7) is 2.30. The van der Waals surface area contributed by atoms with Gasteiger partial charge in [-0.3, -0.25) is 0 Å². The minimum atomic E-state index is -3.62. The Morgan fingerprint density at radius 1 is 1.37 bits per heavy atom. The predicted molar refractivity (Wildman–Crippen MR) is 74.5 cm³/mol. The van der Waals surface area contributed by atoms with Gasteiger partial charge in [0.2, 0.25) is 5.09 Å². The lowest BCUT2D eigenvalue weighted by Gasteiger charge is -2.11. The second-order valence-corrected chi connectivity index (χ2v) is 6.58. The molecule has 1 atom stereocenters. The average Bonchev–Trinajstić information content (AvgIpc) is 2.99. The van der Waals surface area contributed by atoms with Crippen LogP contribution >= 0.6 is 11.3 Å². The Balaban J connectivity index is 2.13. The molecule has 0 radical (unpaired) electrons. The van der Waals surface area contributed by atoms with Gasteiger partial charge in [-0.1, -0.05) is 0 Å². The summed E-state index contributed by atoms with van der Waals surface area (Å²) in [4.78, 5) is 0. The molecule has 0 bridgehead atoms. The van der Waals surface area contributed by atoms with Gasteiger partial charge in [-0.2, -0.15) is 11.3 Å². The van der Waals surface area contributed by atoms with Gasteiger partial charge in [-0.05, 0) is 48.5 Å². The third-order valence-corrected chi connectivity index (χ3v) is 4.74. The van der Waals surface area contributed by atoms with Crippen LogP contribution < -0.4 is 10.0 Å². The maximum absolute atomic E-state index is 12.1. The largest absolute Gasteiger partial charge is 0.447 e. The van der Waals surface area contributed by atoms with Crippen molar-refractivity contribution in [1.82, 2.24) is 10.0 Å². The molecule has 1 unspecified atom stereocenters. The lowest BCUT2D eigenvalue weighted by molar-refractivity contribution is 0.403. The van der Waals surface area contributed by atoms with Crippen molar-refractivity contribution in [2.75, 3.05) is 7.05 Å². The first kappa shape index (κ1) is 14.3. The number of hydrogen-bond donors (Lipinski definition) is 2. The first-order valence-electron chi connectivity index (χ1n) is 5.80. The Bertz CT molecular complexity index is 617. The van der Waals surface area contributed by atoms with Gasteiger partial charge in [0, 0.05) is 6.04 Å². The molecule has 2 aromatic rings. The van der Waals surface area contributed by atoms with E-state index in [9.17, 15) is 8.42 Å². The Kier molecular flexibility index (Phi) is 4.41. The molecule has 0 aliphatic carbocycles. The van der Waals surface area contributed by atoms with Crippen molar-refractivity contribution in [2.24, 2.45) is 0 Å². The maximum atomic E-state index is 12.1. The highest BCUT2D eigenvalue weighted by molar-refractivity contribution is 7.89. The molecular formula is C12H16N2O3S2. The minimum Gasteiger partial charge on any atom is -0.447 e. The van der Waals surface area contributed by atoms with Crippen LogP contribution in [0, 0.1) is 0 Å². The topological polar surface area (TPSA) is 71.3 Å². The summed E-state index contributed by atoms with van der Waals surface area (Å²) in [5.74, 6) is 0.589. The molecule has 0 amide bonds. The standard InChI is InChI=1S/C12H16N2O3S2/c1-9(10-5-6-18-8-10)14-19(15,16)12-4-3-11(17-12)7-13-2/h3-6,8-9,13-14H,7H2,1-2H3. The summed E-state index contributed by atoms with van der Waals surface area (Å²) in [6, 6.07) is 4.73. The predicted octanol–water partition coefficient (Wildman–Crippen LogP) is 2.10. The molecule has 0 saturated heterocycles. The summed E-state index contributed by atoms with van der Waals surface area (Å²) in [6.07, 6.45) is 0. The molecule has 2 heterocycles. The van der Waals surface area contributed by atoms with E-state index in [0.717, 1.165) is 5.56 Å². The molecule has 19 heavy (non-hydrogen) atoms. The second kappa shape index (κ2) is 5.87. The lowest BCUT2D eigenvalue weighted by atomic mass is 10.2. The molecule has 2 rings (SSSR count). The zero-order valence-corrected chi connectivity index (χ0v) is 12.3. The Morgan fingerprint density at radius 2 is 2.16 bits per heavy atom. The molecule has 0 aliphatic rings. The van der Waals surface area contributed by atoms with E-state index in [-0.39, 0.29) is 11.1 Å². The SMILES string of the molecule is CNCc1ccc(S(=O)(=O)NC(C)c2ccsc2)o1. The van der Waals surface area contributed by atoms with Crippen LogP contribution in [0.1, 0.15) is 24.3 Å². The highest BCUT2D eigenvalue weighted by Gasteiger charge is 2.22. The zero-order chi connectivity index (χ0) is 13.9. The van der Waals surface area contributed by atoms with Crippen molar-refractivity contribution in [3.63, 3.8) is 0 Å². The summed E-state index contributed by atoms with van der Waals surface area (Å²) >= 11 is 1.53. The summed E-state index contributed by atoms with van der Waals surface area (Å²) in [5, 5.41) is 6.68. The first-order valence-corrected chi connectivity index (χ1v) is 8.23. The van der Waals surface area contributed by atoms with E-state index < -0.39 is 10.0 Å². The number of furan rings is 1. The van der Waals surface area contributed by atoms with Crippen LogP contribution in [-0.2, 0) is 16.6 Å². The van der Waals surface area contributed by atoms with Crippen molar-refractivity contribution in [3.8, 4) is 0 Å². The molecule has 104 valence electrons. The molecule has 2 aromatic heterocycles. The van der Waals surface area contributed by atoms with Crippen LogP contribution in [0.4, 0.5) is 0 Å². The van der Waals surface area contributed by atoms with Gasteiger partial charge in [0.25, 0.3) is 10.0 Å². The molecule has 2 N–H and O–H groups in total. The highest BCUT2D eigenvalue weighted by Crippen LogP contribution is 2.20. The van der Waals surface area contributed by atoms with Gasteiger partial charge in [0.1, 0.15) is 5.76 Å². The molecule has 0 aromatic carbocycles. The zero-order valence-electron chi connectivity index (χ0n) is 10.7. The van der Waals surface area contributed by atoms with E-state index in [2.05, 4.69) is 10.0 Å². The summed E-state index contributed by atoms with van der Waals surface area (Å²) in [7, 11) is -1.85. The van der Waals surface area contributed by atoms with Crippen molar-refractivity contribution < 1.29 is 12.8 Å². The normalized spacial score (nSPS) is 13.6. The number of rotatable bonds is 6. The highest BCUT2D eigenvalue weighted by atomic mass is 32.2. The van der Waals surface area contributed by atoms with E-state index in [4.69, 9.17) is 4.42 Å². The first-order chi connectivity index (χ1) is 9.03. The number of thiophene rings is 1. The van der Waals surface area contributed by atoms with Gasteiger partial charge in [0.05, 0.1) is 6.54 Å². The quantitative estimate of drug-likeness (QED) is 0.857. The van der Waals surface area contributed by atoms with Crippen molar-refractivity contribution in [1.29, 1.82) is 0 Å². The third-order valence-electron chi connectivity index (χ3n) is 2.63. The fourth-order valence-corrected chi connectivity index (χ4v) is 3.59. The van der Waals surface area contributed by atoms with E-state index >= 15 is 0 Å². The molecular weight excluding hydrogens is 284 g/mol. The molecule has 7 heteroatoms. The number of hydrogen-bond acceptors (Lipinski definition) is 5. The fraction of sp³-hybridized carbons (Fsp3) is 0.333. The van der Waals surface area contributed by atoms with Crippen LogP contribution in [0.2, 0.25) is 0 Å². The van der Waals surface area contributed by atoms with E-state index in [1.807, 2.05) is 16.8 Å². The summed E-state index contributed by atoms with van der Waals surface area (Å²) in [5.41, 5.74) is 0.940. The number of nitrogens with one attached hydrogen (secondary N) is 2. The van der Waals surface area contributed by atoms with Gasteiger partial charge in [0.15, 0.2) is 0 Å². The molecule has 0 fully saturated rings. The Labute approximate surface area is 116 Å². The molecule has 0 spiro atoms. The Hall–Kier alpha value is -1.15. The Morgan fingerprint density at radius 3 is 2.79 bits per heavy atom. The minimum absolute atomic E-state index is 0.0557. The van der Waals surface area contributed by atoms with Crippen LogP contribution in [0.3, 0.4) is 0 Å². The smallest absolute Gasteiger partial charge is 0.274 e. The molecule has 0 aliphatic heterocycles. The van der Waals surface area contributed by atoms with E-state index in [1.165, 1.54) is 17.4 Å². The fourth-order valence-electron chi connectivity index (χ4n) is 1.65. The molecule has 0 saturated carbocycles. The van der Waals surface area contributed by atoms with Crippen LogP contribution in [0.25, 0.3) is 0 Å². The van der Waals surface area contributed by atoms with Crippen LogP contribution in [-0.4, -0.2) is 15.5 Å². The van der Waals surface area contributed by atoms with Crippen molar-refractivity contribution in [3.05, 3.63) is 40.3 Å². The van der Waals surface area contributed by atoms with Crippen LogP contribution in [0.15, 0.2) is 38.5 Å². The summed E-state index contributed by atoms with van der Waals surface area (Å²) < 4.78 is 32.2. The second-order valence-electron chi connectivity index (χ2n) is 4.15. The van der Waals surface area contributed by atoms with Gasteiger partial charge >= 0.3 is 0 Å². The van der Waals surface area contributed by atoms with E-state index in [1.54, 1.807) is 20.0 Å². The molecule has 5 nitrogen and oxygen atoms in total. The average molecular weight is 300 g/mol. The van der Waals surface area contributed by atoms with Gasteiger partial charge in [-0.15, -0.1) is 0 Å². The van der Waals surface area contributed by atoms with Crippen molar-refractivity contribution in [2.45, 2.75) is 24.6 Å².